The summed E-state index contributed by atoms with van der Waals surface area (Å²) >= 11 is 0. The van der Waals surface area contributed by atoms with Gasteiger partial charge in [-0.25, -0.2) is 0 Å². The largest absolute Gasteiger partial charge is 0.497 e. The van der Waals surface area contributed by atoms with Crippen LogP contribution in [-0.4, -0.2) is 55.6 Å². The number of nitrogens with zero attached hydrogens (tertiary/aromatic N) is 2. The lowest BCUT2D eigenvalue weighted by molar-refractivity contribution is -0.133. The van der Waals surface area contributed by atoms with Crippen LogP contribution in [0.4, 0.5) is 0 Å². The molecule has 1 aliphatic rings. The van der Waals surface area contributed by atoms with E-state index >= 15 is 0 Å². The minimum atomic E-state index is 0.234. The van der Waals surface area contributed by atoms with Crippen molar-refractivity contribution < 1.29 is 14.3 Å². The number of para-hydroxylation sites is 1. The maximum atomic E-state index is 12.6. The van der Waals surface area contributed by atoms with Gasteiger partial charge >= 0.3 is 0 Å². The Balaban J connectivity index is 1.46. The third kappa shape index (κ3) is 5.49. The van der Waals surface area contributed by atoms with E-state index in [1.165, 1.54) is 5.56 Å². The highest BCUT2D eigenvalue weighted by molar-refractivity contribution is 5.76. The molecule has 0 N–H and O–H groups in total. The third-order valence-corrected chi connectivity index (χ3v) is 5.15. The van der Waals surface area contributed by atoms with Gasteiger partial charge in [-0.2, -0.15) is 0 Å². The van der Waals surface area contributed by atoms with E-state index in [1.807, 2.05) is 48.2 Å². The van der Waals surface area contributed by atoms with Crippen molar-refractivity contribution >= 4 is 5.91 Å². The summed E-state index contributed by atoms with van der Waals surface area (Å²) in [6.07, 6.45) is 1.29. The van der Waals surface area contributed by atoms with Gasteiger partial charge in [-0.3, -0.25) is 9.69 Å². The molecule has 0 unspecified atom stereocenters. The number of ether oxygens (including phenoxy) is 2. The number of carbonyl (C=O) groups is 1. The van der Waals surface area contributed by atoms with Gasteiger partial charge in [-0.1, -0.05) is 30.3 Å². The Morgan fingerprint density at radius 2 is 1.82 bits per heavy atom. The standard InChI is InChI=1S/C23H30N2O3/c1-3-28-22-10-5-4-8-20(22)18-24-13-15-25(16-14-24)23(26)12-11-19-7-6-9-21(17-19)27-2/h4-10,17H,3,11-16,18H2,1-2H3. The molecule has 1 fully saturated rings. The van der Waals surface area contributed by atoms with Crippen molar-refractivity contribution in [3.8, 4) is 11.5 Å². The predicted octanol–water partition coefficient (Wildman–Crippen LogP) is 3.37. The molecule has 0 aromatic heterocycles. The van der Waals surface area contributed by atoms with Gasteiger partial charge in [-0.15, -0.1) is 0 Å². The zero-order valence-corrected chi connectivity index (χ0v) is 16.9. The van der Waals surface area contributed by atoms with Gasteiger partial charge in [0, 0.05) is 44.7 Å². The van der Waals surface area contributed by atoms with E-state index in [4.69, 9.17) is 9.47 Å². The topological polar surface area (TPSA) is 42.0 Å². The number of rotatable bonds is 8. The number of benzene rings is 2. The first-order valence-electron chi connectivity index (χ1n) is 10.0. The molecular formula is C23H30N2O3. The number of methoxy groups -OCH3 is 1. The number of carbonyl (C=O) groups excluding carboxylic acids is 1. The summed E-state index contributed by atoms with van der Waals surface area (Å²) in [5.41, 5.74) is 2.35. The van der Waals surface area contributed by atoms with Gasteiger partial charge in [0.2, 0.25) is 5.91 Å². The second-order valence-electron chi connectivity index (χ2n) is 7.05. The monoisotopic (exact) mass is 382 g/mol. The Kier molecular flexibility index (Phi) is 7.31. The van der Waals surface area contributed by atoms with E-state index in [0.717, 1.165) is 56.2 Å². The van der Waals surface area contributed by atoms with E-state index in [0.29, 0.717) is 13.0 Å². The summed E-state index contributed by atoms with van der Waals surface area (Å²) in [6.45, 7) is 6.90. The van der Waals surface area contributed by atoms with Crippen molar-refractivity contribution in [2.45, 2.75) is 26.3 Å². The van der Waals surface area contributed by atoms with Crippen molar-refractivity contribution in [1.82, 2.24) is 9.80 Å². The van der Waals surface area contributed by atoms with Crippen molar-refractivity contribution in [3.05, 3.63) is 59.7 Å². The van der Waals surface area contributed by atoms with Crippen LogP contribution < -0.4 is 9.47 Å². The molecule has 28 heavy (non-hydrogen) atoms. The van der Waals surface area contributed by atoms with Gasteiger partial charge < -0.3 is 14.4 Å². The van der Waals surface area contributed by atoms with Crippen LogP contribution in [0.1, 0.15) is 24.5 Å². The van der Waals surface area contributed by atoms with Crippen molar-refractivity contribution in [3.63, 3.8) is 0 Å². The minimum Gasteiger partial charge on any atom is -0.497 e. The number of amides is 1. The second-order valence-corrected chi connectivity index (χ2v) is 7.05. The average Bonchev–Trinajstić information content (AvgIpc) is 2.74. The first-order valence-corrected chi connectivity index (χ1v) is 10.0. The smallest absolute Gasteiger partial charge is 0.222 e. The highest BCUT2D eigenvalue weighted by Crippen LogP contribution is 2.21. The predicted molar refractivity (Wildman–Crippen MR) is 111 cm³/mol. The number of aryl methyl sites for hydroxylation is 1. The number of hydrogen-bond acceptors (Lipinski definition) is 4. The lowest BCUT2D eigenvalue weighted by atomic mass is 10.1. The number of piperazine rings is 1. The Labute approximate surface area is 167 Å². The lowest BCUT2D eigenvalue weighted by Gasteiger charge is -2.35. The van der Waals surface area contributed by atoms with Gasteiger partial charge in [0.05, 0.1) is 13.7 Å². The van der Waals surface area contributed by atoms with E-state index in [2.05, 4.69) is 17.0 Å². The van der Waals surface area contributed by atoms with Crippen LogP contribution in [0.15, 0.2) is 48.5 Å². The normalized spacial score (nSPS) is 14.7. The molecule has 1 heterocycles. The van der Waals surface area contributed by atoms with Crippen LogP contribution in [0.25, 0.3) is 0 Å². The summed E-state index contributed by atoms with van der Waals surface area (Å²) in [5.74, 6) is 2.03. The minimum absolute atomic E-state index is 0.234. The van der Waals surface area contributed by atoms with Gasteiger partial charge in [0.15, 0.2) is 0 Å². The Morgan fingerprint density at radius 3 is 2.57 bits per heavy atom. The Hall–Kier alpha value is -2.53. The second kappa shape index (κ2) is 10.1. The lowest BCUT2D eigenvalue weighted by Crippen LogP contribution is -2.48. The summed E-state index contributed by atoms with van der Waals surface area (Å²) in [6, 6.07) is 16.1. The fourth-order valence-electron chi connectivity index (χ4n) is 3.56. The molecule has 1 aliphatic heterocycles. The third-order valence-electron chi connectivity index (χ3n) is 5.15. The van der Waals surface area contributed by atoms with Crippen LogP contribution in [-0.2, 0) is 17.8 Å². The molecule has 2 aromatic rings. The van der Waals surface area contributed by atoms with Crippen LogP contribution >= 0.6 is 0 Å². The molecule has 0 bridgehead atoms. The van der Waals surface area contributed by atoms with E-state index in [9.17, 15) is 4.79 Å². The summed E-state index contributed by atoms with van der Waals surface area (Å²) in [7, 11) is 1.66. The average molecular weight is 383 g/mol. The van der Waals surface area contributed by atoms with E-state index in [-0.39, 0.29) is 5.91 Å². The fraction of sp³-hybridized carbons (Fsp3) is 0.435. The van der Waals surface area contributed by atoms with Crippen LogP contribution in [0.5, 0.6) is 11.5 Å². The molecule has 0 spiro atoms. The maximum absolute atomic E-state index is 12.6. The Morgan fingerprint density at radius 1 is 1.04 bits per heavy atom. The Bertz CT molecular complexity index is 770. The zero-order valence-electron chi connectivity index (χ0n) is 16.9. The first kappa shape index (κ1) is 20.2. The van der Waals surface area contributed by atoms with E-state index < -0.39 is 0 Å². The zero-order chi connectivity index (χ0) is 19.8. The molecule has 5 heteroatoms. The molecular weight excluding hydrogens is 352 g/mol. The summed E-state index contributed by atoms with van der Waals surface area (Å²) in [4.78, 5) is 17.0. The van der Waals surface area contributed by atoms with Crippen molar-refractivity contribution in [1.29, 1.82) is 0 Å². The molecule has 150 valence electrons. The number of hydrogen-bond donors (Lipinski definition) is 0. The summed E-state index contributed by atoms with van der Waals surface area (Å²) < 4.78 is 11.0. The van der Waals surface area contributed by atoms with Crippen LogP contribution in [0.2, 0.25) is 0 Å². The quantitative estimate of drug-likeness (QED) is 0.702. The first-order chi connectivity index (χ1) is 13.7. The summed E-state index contributed by atoms with van der Waals surface area (Å²) in [5, 5.41) is 0. The molecule has 1 amide bonds. The molecule has 1 saturated heterocycles. The highest BCUT2D eigenvalue weighted by Gasteiger charge is 2.21. The van der Waals surface area contributed by atoms with Gasteiger partial charge in [-0.05, 0) is 37.1 Å². The molecule has 2 aromatic carbocycles. The molecule has 0 radical (unpaired) electrons. The molecule has 5 nitrogen and oxygen atoms in total. The van der Waals surface area contributed by atoms with Crippen molar-refractivity contribution in [2.75, 3.05) is 39.9 Å². The van der Waals surface area contributed by atoms with Crippen LogP contribution in [0.3, 0.4) is 0 Å². The van der Waals surface area contributed by atoms with Crippen LogP contribution in [0, 0.1) is 0 Å². The molecule has 0 saturated carbocycles. The molecule has 0 aliphatic carbocycles. The maximum Gasteiger partial charge on any atom is 0.222 e. The van der Waals surface area contributed by atoms with E-state index in [1.54, 1.807) is 7.11 Å². The molecule has 3 rings (SSSR count). The fourth-order valence-corrected chi connectivity index (χ4v) is 3.56. The molecule has 0 atom stereocenters. The SMILES string of the molecule is CCOc1ccccc1CN1CCN(C(=O)CCc2cccc(OC)c2)CC1. The highest BCUT2D eigenvalue weighted by atomic mass is 16.5. The van der Waals surface area contributed by atoms with Gasteiger partial charge in [0.25, 0.3) is 0 Å². The van der Waals surface area contributed by atoms with Gasteiger partial charge in [0.1, 0.15) is 11.5 Å². The van der Waals surface area contributed by atoms with Crippen molar-refractivity contribution in [2.24, 2.45) is 0 Å².